The molecule has 8 heteroatoms. The number of aryl methyl sites for hydroxylation is 1. The number of rotatable bonds is 4. The summed E-state index contributed by atoms with van der Waals surface area (Å²) in [6, 6.07) is 9.01. The number of fused-ring (bicyclic) bond motifs is 4. The van der Waals surface area contributed by atoms with Gasteiger partial charge in [-0.25, -0.2) is 4.39 Å². The van der Waals surface area contributed by atoms with Crippen LogP contribution in [0.3, 0.4) is 0 Å². The van der Waals surface area contributed by atoms with Crippen LogP contribution >= 0.6 is 0 Å². The topological polar surface area (TPSA) is 71.0 Å². The number of piperidine rings is 1. The molecule has 3 saturated heterocycles. The number of benzene rings is 1. The van der Waals surface area contributed by atoms with Crippen LogP contribution in [0.5, 0.6) is 6.01 Å². The van der Waals surface area contributed by atoms with E-state index in [1.807, 2.05) is 6.92 Å². The monoisotopic (exact) mass is 522 g/mol. The van der Waals surface area contributed by atoms with Gasteiger partial charge in [0, 0.05) is 38.0 Å². The van der Waals surface area contributed by atoms with E-state index in [4.69, 9.17) is 19.4 Å². The van der Waals surface area contributed by atoms with Crippen LogP contribution in [0.1, 0.15) is 74.3 Å². The lowest BCUT2D eigenvalue weighted by Gasteiger charge is -2.44. The number of alkyl halides is 1. The Morgan fingerprint density at radius 1 is 1.13 bits per heavy atom. The van der Waals surface area contributed by atoms with Gasteiger partial charge in [-0.15, -0.1) is 0 Å². The van der Waals surface area contributed by atoms with E-state index < -0.39 is 11.8 Å². The van der Waals surface area contributed by atoms with Crippen molar-refractivity contribution in [1.29, 1.82) is 0 Å². The Morgan fingerprint density at radius 3 is 2.89 bits per heavy atom. The summed E-state index contributed by atoms with van der Waals surface area (Å²) >= 11 is 0. The summed E-state index contributed by atoms with van der Waals surface area (Å²) in [5.41, 5.74) is 3.23. The highest BCUT2D eigenvalue weighted by Gasteiger charge is 2.50. The number of ether oxygens (including phenoxy) is 2. The summed E-state index contributed by atoms with van der Waals surface area (Å²) in [4.78, 5) is 14.4. The minimum Gasteiger partial charge on any atom is -0.461 e. The van der Waals surface area contributed by atoms with Gasteiger partial charge in [-0.1, -0.05) is 24.3 Å². The zero-order valence-corrected chi connectivity index (χ0v) is 22.4. The van der Waals surface area contributed by atoms with Crippen molar-refractivity contribution in [2.75, 3.05) is 37.7 Å². The van der Waals surface area contributed by atoms with Gasteiger partial charge >= 0.3 is 6.01 Å². The first kappa shape index (κ1) is 24.7. The summed E-state index contributed by atoms with van der Waals surface area (Å²) in [6.07, 6.45) is 7.25. The summed E-state index contributed by atoms with van der Waals surface area (Å²) in [5, 5.41) is 10.9. The first-order valence-corrected chi connectivity index (χ1v) is 14.5. The molecule has 1 aliphatic carbocycles. The molecule has 7 rings (SSSR count). The second kappa shape index (κ2) is 9.14. The summed E-state index contributed by atoms with van der Waals surface area (Å²) in [6.45, 7) is 5.53. The molecule has 5 heterocycles. The predicted molar refractivity (Wildman–Crippen MR) is 142 cm³/mol. The molecule has 204 valence electrons. The van der Waals surface area contributed by atoms with Crippen molar-refractivity contribution in [1.82, 2.24) is 14.9 Å². The second-order valence-corrected chi connectivity index (χ2v) is 12.6. The molecule has 1 N–H and O–H groups in total. The van der Waals surface area contributed by atoms with Crippen molar-refractivity contribution >= 4 is 5.82 Å². The molecule has 4 atom stereocenters. The minimum atomic E-state index is -0.794. The number of hydrogen-bond donors (Lipinski definition) is 1. The average molecular weight is 523 g/mol. The molecule has 0 amide bonds. The fourth-order valence-electron chi connectivity index (χ4n) is 7.91. The zero-order valence-electron chi connectivity index (χ0n) is 22.4. The Kier molecular flexibility index (Phi) is 5.94. The van der Waals surface area contributed by atoms with Crippen molar-refractivity contribution in [2.45, 2.75) is 94.2 Å². The maximum Gasteiger partial charge on any atom is 0.318 e. The number of aliphatic hydroxyl groups is 1. The van der Waals surface area contributed by atoms with E-state index in [0.717, 1.165) is 75.1 Å². The molecule has 0 bridgehead atoms. The van der Waals surface area contributed by atoms with Crippen LogP contribution in [-0.4, -0.2) is 70.1 Å². The molecule has 4 aliphatic heterocycles. The Hall–Kier alpha value is -2.29. The molecule has 38 heavy (non-hydrogen) atoms. The summed E-state index contributed by atoms with van der Waals surface area (Å²) in [7, 11) is 0. The van der Waals surface area contributed by atoms with Gasteiger partial charge in [-0.2, -0.15) is 9.97 Å². The third kappa shape index (κ3) is 4.20. The fourth-order valence-corrected chi connectivity index (χ4v) is 7.91. The quantitative estimate of drug-likeness (QED) is 0.649. The highest BCUT2D eigenvalue weighted by Crippen LogP contribution is 2.46. The Balaban J connectivity index is 1.24. The maximum atomic E-state index is 14.4. The van der Waals surface area contributed by atoms with E-state index in [1.165, 1.54) is 11.1 Å². The van der Waals surface area contributed by atoms with Crippen LogP contribution in [0.25, 0.3) is 0 Å². The molecular formula is C30H39FN4O3. The standard InChI is InChI=1S/C30H39FN4O3/c1-28(36)10-5-13-34(19-28)26-23-18-38-30(12-4-8-21-7-2-3-9-24(21)30)16-25(23)32-27(33-26)37-20-29-11-6-14-35(29)17-22(31)15-29/h2-3,7,9,22,36H,4-6,8,10-20H2,1H3/t22-,28-,29?,30-/m1/s1. The number of hydrogen-bond acceptors (Lipinski definition) is 7. The normalized spacial score (nSPS) is 34.7. The molecule has 1 aromatic carbocycles. The van der Waals surface area contributed by atoms with E-state index in [2.05, 4.69) is 34.1 Å². The molecule has 1 unspecified atom stereocenters. The SMILES string of the molecule is C[C@@]1(O)CCCN(c2nc(OCC34CCCN3C[C@H](F)C4)nc3c2CO[C@]2(CCCc4ccccc42)C3)C1. The third-order valence-corrected chi connectivity index (χ3v) is 9.74. The van der Waals surface area contributed by atoms with Gasteiger partial charge in [-0.3, -0.25) is 4.90 Å². The number of anilines is 1. The van der Waals surface area contributed by atoms with Crippen molar-refractivity contribution in [3.05, 3.63) is 46.6 Å². The number of β-amino-alcohol motifs (C(OH)–C–C–N with tert-alkyl or cyclic N) is 1. The van der Waals surface area contributed by atoms with E-state index in [-0.39, 0.29) is 11.1 Å². The van der Waals surface area contributed by atoms with Crippen LogP contribution in [0.15, 0.2) is 24.3 Å². The molecule has 1 aromatic heterocycles. The molecule has 5 aliphatic rings. The molecule has 0 radical (unpaired) electrons. The number of halogens is 1. The van der Waals surface area contributed by atoms with Gasteiger partial charge in [0.15, 0.2) is 0 Å². The van der Waals surface area contributed by atoms with Crippen LogP contribution < -0.4 is 9.64 Å². The first-order valence-electron chi connectivity index (χ1n) is 14.5. The molecular weight excluding hydrogens is 483 g/mol. The van der Waals surface area contributed by atoms with Crippen LogP contribution in [0, 0.1) is 0 Å². The van der Waals surface area contributed by atoms with E-state index in [9.17, 15) is 9.50 Å². The Labute approximate surface area is 224 Å². The maximum absolute atomic E-state index is 14.4. The van der Waals surface area contributed by atoms with Crippen molar-refractivity contribution < 1.29 is 19.0 Å². The van der Waals surface area contributed by atoms with E-state index in [1.54, 1.807) is 0 Å². The Morgan fingerprint density at radius 2 is 2.00 bits per heavy atom. The van der Waals surface area contributed by atoms with Crippen LogP contribution in [0.2, 0.25) is 0 Å². The average Bonchev–Trinajstić information content (AvgIpc) is 3.42. The van der Waals surface area contributed by atoms with Crippen molar-refractivity contribution in [3.8, 4) is 6.01 Å². The summed E-state index contributed by atoms with van der Waals surface area (Å²) in [5.74, 6) is 0.819. The van der Waals surface area contributed by atoms with Crippen molar-refractivity contribution in [2.24, 2.45) is 0 Å². The van der Waals surface area contributed by atoms with Crippen LogP contribution in [0.4, 0.5) is 10.2 Å². The highest BCUT2D eigenvalue weighted by molar-refractivity contribution is 5.52. The van der Waals surface area contributed by atoms with Crippen LogP contribution in [-0.2, 0) is 29.8 Å². The number of nitrogens with zero attached hydrogens (tertiary/aromatic N) is 4. The summed E-state index contributed by atoms with van der Waals surface area (Å²) < 4.78 is 27.5. The van der Waals surface area contributed by atoms with Gasteiger partial charge in [0.25, 0.3) is 0 Å². The lowest BCUT2D eigenvalue weighted by atomic mass is 9.75. The highest BCUT2D eigenvalue weighted by atomic mass is 19.1. The molecule has 0 saturated carbocycles. The molecule has 1 spiro atoms. The van der Waals surface area contributed by atoms with Gasteiger partial charge in [-0.05, 0) is 69.5 Å². The van der Waals surface area contributed by atoms with Gasteiger partial charge in [0.1, 0.15) is 18.6 Å². The third-order valence-electron chi connectivity index (χ3n) is 9.74. The van der Waals surface area contributed by atoms with E-state index >= 15 is 0 Å². The first-order chi connectivity index (χ1) is 18.3. The smallest absolute Gasteiger partial charge is 0.318 e. The van der Waals surface area contributed by atoms with Crippen molar-refractivity contribution in [3.63, 3.8) is 0 Å². The van der Waals surface area contributed by atoms with E-state index in [0.29, 0.717) is 45.2 Å². The van der Waals surface area contributed by atoms with Gasteiger partial charge < -0.3 is 19.5 Å². The lowest BCUT2D eigenvalue weighted by Crippen LogP contribution is -2.47. The van der Waals surface area contributed by atoms with Gasteiger partial charge in [0.05, 0.1) is 29.0 Å². The predicted octanol–water partition coefficient (Wildman–Crippen LogP) is 4.09. The number of aromatic nitrogens is 2. The molecule has 2 aromatic rings. The fraction of sp³-hybridized carbons (Fsp3) is 0.667. The largest absolute Gasteiger partial charge is 0.461 e. The second-order valence-electron chi connectivity index (χ2n) is 12.6. The molecule has 7 nitrogen and oxygen atoms in total. The van der Waals surface area contributed by atoms with Gasteiger partial charge in [0.2, 0.25) is 0 Å². The minimum absolute atomic E-state index is 0.250. The zero-order chi connectivity index (χ0) is 26.0. The molecule has 3 fully saturated rings. The lowest BCUT2D eigenvalue weighted by molar-refractivity contribution is -0.0856. The Bertz CT molecular complexity index is 1220.